The van der Waals surface area contributed by atoms with E-state index in [1.165, 1.54) is 0 Å². The van der Waals surface area contributed by atoms with E-state index in [1.807, 2.05) is 6.07 Å². The fourth-order valence-electron chi connectivity index (χ4n) is 1.95. The maximum absolute atomic E-state index is 12.2. The molecule has 0 aliphatic heterocycles. The first-order valence-electron chi connectivity index (χ1n) is 6.37. The van der Waals surface area contributed by atoms with Crippen LogP contribution in [-0.2, 0) is 4.79 Å². The molecule has 0 aliphatic rings. The van der Waals surface area contributed by atoms with Crippen LogP contribution in [0.15, 0.2) is 54.6 Å². The Morgan fingerprint density at radius 1 is 1.05 bits per heavy atom. The highest BCUT2D eigenvalue weighted by Gasteiger charge is 2.15. The molecule has 0 bridgehead atoms. The van der Waals surface area contributed by atoms with Crippen LogP contribution in [0.3, 0.4) is 0 Å². The van der Waals surface area contributed by atoms with E-state index in [-0.39, 0.29) is 12.3 Å². The van der Waals surface area contributed by atoms with Gasteiger partial charge in [0.1, 0.15) is 0 Å². The van der Waals surface area contributed by atoms with Gasteiger partial charge in [-0.25, -0.2) is 0 Å². The van der Waals surface area contributed by atoms with E-state index >= 15 is 0 Å². The molecular weight excluding hydrogens is 290 g/mol. The number of aliphatic carboxylic acids is 1. The van der Waals surface area contributed by atoms with Crippen molar-refractivity contribution in [2.45, 2.75) is 12.5 Å². The standard InChI is InChI=1S/C16H14ClNO3/c17-13-8-6-12(7-9-13)16(21)18-14(10-15(19)20)11-4-2-1-3-5-11/h1-9,14H,10H2,(H,18,21)(H,19,20)/p-1/t14-/m1/s1. The highest BCUT2D eigenvalue weighted by atomic mass is 35.5. The number of benzene rings is 2. The van der Waals surface area contributed by atoms with Gasteiger partial charge in [-0.15, -0.1) is 0 Å². The summed E-state index contributed by atoms with van der Waals surface area (Å²) < 4.78 is 0. The smallest absolute Gasteiger partial charge is 0.251 e. The van der Waals surface area contributed by atoms with Crippen molar-refractivity contribution in [1.29, 1.82) is 0 Å². The molecule has 0 saturated heterocycles. The number of carbonyl (C=O) groups is 2. The van der Waals surface area contributed by atoms with E-state index in [4.69, 9.17) is 11.6 Å². The van der Waals surface area contributed by atoms with E-state index in [2.05, 4.69) is 5.32 Å². The molecule has 1 amide bonds. The minimum Gasteiger partial charge on any atom is -0.550 e. The molecule has 2 aromatic carbocycles. The summed E-state index contributed by atoms with van der Waals surface area (Å²) in [7, 11) is 0. The number of carboxylic acids is 1. The second-order valence-corrected chi connectivity index (χ2v) is 4.96. The van der Waals surface area contributed by atoms with Crippen molar-refractivity contribution in [2.24, 2.45) is 0 Å². The van der Waals surface area contributed by atoms with E-state index in [1.54, 1.807) is 48.5 Å². The van der Waals surface area contributed by atoms with Gasteiger partial charge in [0, 0.05) is 23.0 Å². The van der Waals surface area contributed by atoms with Crippen LogP contribution in [0.5, 0.6) is 0 Å². The molecule has 1 atom stereocenters. The lowest BCUT2D eigenvalue weighted by Gasteiger charge is -2.19. The van der Waals surface area contributed by atoms with E-state index in [9.17, 15) is 14.7 Å². The van der Waals surface area contributed by atoms with Gasteiger partial charge in [0.15, 0.2) is 0 Å². The third kappa shape index (κ3) is 4.33. The highest BCUT2D eigenvalue weighted by Crippen LogP contribution is 2.17. The van der Waals surface area contributed by atoms with Crippen molar-refractivity contribution in [2.75, 3.05) is 0 Å². The van der Waals surface area contributed by atoms with Crippen LogP contribution in [0, 0.1) is 0 Å². The zero-order chi connectivity index (χ0) is 15.2. The van der Waals surface area contributed by atoms with E-state index in [0.717, 1.165) is 0 Å². The number of nitrogens with one attached hydrogen (secondary N) is 1. The van der Waals surface area contributed by atoms with Crippen LogP contribution in [0.25, 0.3) is 0 Å². The summed E-state index contributed by atoms with van der Waals surface area (Å²) in [6.07, 6.45) is -0.288. The largest absolute Gasteiger partial charge is 0.550 e. The minimum absolute atomic E-state index is 0.288. The molecule has 0 radical (unpaired) electrons. The quantitative estimate of drug-likeness (QED) is 0.918. The van der Waals surface area contributed by atoms with Gasteiger partial charge in [0.25, 0.3) is 5.91 Å². The molecule has 2 aromatic rings. The molecule has 0 fully saturated rings. The first-order valence-corrected chi connectivity index (χ1v) is 6.75. The molecule has 108 valence electrons. The Balaban J connectivity index is 2.17. The maximum Gasteiger partial charge on any atom is 0.251 e. The molecule has 0 saturated carbocycles. The van der Waals surface area contributed by atoms with Crippen molar-refractivity contribution in [1.82, 2.24) is 5.32 Å². The fraction of sp³-hybridized carbons (Fsp3) is 0.125. The second-order valence-electron chi connectivity index (χ2n) is 4.52. The van der Waals surface area contributed by atoms with Gasteiger partial charge in [0.2, 0.25) is 0 Å². The predicted octanol–water partition coefficient (Wildman–Crippen LogP) is 1.95. The summed E-state index contributed by atoms with van der Waals surface area (Å²) in [5, 5.41) is 14.1. The van der Waals surface area contributed by atoms with Gasteiger partial charge in [0.05, 0.1) is 6.04 Å². The van der Waals surface area contributed by atoms with Gasteiger partial charge < -0.3 is 15.2 Å². The lowest BCUT2D eigenvalue weighted by molar-refractivity contribution is -0.306. The summed E-state index contributed by atoms with van der Waals surface area (Å²) in [5.41, 5.74) is 1.13. The first-order chi connectivity index (χ1) is 10.1. The second kappa shape index (κ2) is 6.90. The molecule has 21 heavy (non-hydrogen) atoms. The molecular formula is C16H13ClNO3-. The molecule has 4 nitrogen and oxygen atoms in total. The average Bonchev–Trinajstić information content (AvgIpc) is 2.47. The van der Waals surface area contributed by atoms with Crippen molar-refractivity contribution in [3.05, 3.63) is 70.7 Å². The maximum atomic E-state index is 12.2. The number of halogens is 1. The van der Waals surface area contributed by atoms with Crippen molar-refractivity contribution in [3.8, 4) is 0 Å². The predicted molar refractivity (Wildman–Crippen MR) is 77.7 cm³/mol. The monoisotopic (exact) mass is 302 g/mol. The summed E-state index contributed by atoms with van der Waals surface area (Å²) in [6.45, 7) is 0. The van der Waals surface area contributed by atoms with Crippen LogP contribution < -0.4 is 10.4 Å². The lowest BCUT2D eigenvalue weighted by Crippen LogP contribution is -2.34. The average molecular weight is 303 g/mol. The van der Waals surface area contributed by atoms with Crippen LogP contribution in [0.2, 0.25) is 5.02 Å². The third-order valence-electron chi connectivity index (χ3n) is 2.98. The van der Waals surface area contributed by atoms with E-state index < -0.39 is 12.0 Å². The van der Waals surface area contributed by atoms with E-state index in [0.29, 0.717) is 16.1 Å². The summed E-state index contributed by atoms with van der Waals surface area (Å²) >= 11 is 5.77. The molecule has 0 spiro atoms. The topological polar surface area (TPSA) is 69.2 Å². The number of amides is 1. The molecule has 5 heteroatoms. The van der Waals surface area contributed by atoms with Crippen molar-refractivity contribution >= 4 is 23.5 Å². The Morgan fingerprint density at radius 3 is 2.24 bits per heavy atom. The van der Waals surface area contributed by atoms with Crippen molar-refractivity contribution in [3.63, 3.8) is 0 Å². The number of hydrogen-bond donors (Lipinski definition) is 1. The molecule has 2 rings (SSSR count). The zero-order valence-electron chi connectivity index (χ0n) is 11.1. The Kier molecular flexibility index (Phi) is 4.95. The number of hydrogen-bond acceptors (Lipinski definition) is 3. The number of carbonyl (C=O) groups excluding carboxylic acids is 2. The van der Waals surface area contributed by atoms with Gasteiger partial charge in [-0.1, -0.05) is 41.9 Å². The van der Waals surface area contributed by atoms with Gasteiger partial charge in [-0.3, -0.25) is 4.79 Å². The lowest BCUT2D eigenvalue weighted by atomic mass is 10.0. The Morgan fingerprint density at radius 2 is 1.67 bits per heavy atom. The van der Waals surface area contributed by atoms with Crippen LogP contribution in [-0.4, -0.2) is 11.9 Å². The van der Waals surface area contributed by atoms with Crippen LogP contribution >= 0.6 is 11.6 Å². The van der Waals surface area contributed by atoms with Crippen molar-refractivity contribution < 1.29 is 14.7 Å². The van der Waals surface area contributed by atoms with Gasteiger partial charge in [-0.2, -0.15) is 0 Å². The minimum atomic E-state index is -1.22. The number of carboxylic acid groups (broad SMARTS) is 1. The Hall–Kier alpha value is -2.33. The third-order valence-corrected chi connectivity index (χ3v) is 3.24. The summed E-state index contributed by atoms with van der Waals surface area (Å²) in [6, 6.07) is 14.6. The molecule has 1 N–H and O–H groups in total. The molecule has 0 aromatic heterocycles. The summed E-state index contributed by atoms with van der Waals surface area (Å²) in [4.78, 5) is 23.0. The Bertz CT molecular complexity index is 626. The van der Waals surface area contributed by atoms with Gasteiger partial charge in [-0.05, 0) is 29.8 Å². The fourth-order valence-corrected chi connectivity index (χ4v) is 2.07. The number of rotatable bonds is 5. The normalized spacial score (nSPS) is 11.7. The first kappa shape index (κ1) is 15.1. The Labute approximate surface area is 127 Å². The summed E-state index contributed by atoms with van der Waals surface area (Å²) in [5.74, 6) is -1.58. The van der Waals surface area contributed by atoms with Gasteiger partial charge >= 0.3 is 0 Å². The molecule has 0 aliphatic carbocycles. The van der Waals surface area contributed by atoms with Crippen LogP contribution in [0.1, 0.15) is 28.4 Å². The highest BCUT2D eigenvalue weighted by molar-refractivity contribution is 6.30. The molecule has 0 heterocycles. The SMILES string of the molecule is O=C([O-])C[C@@H](NC(=O)c1ccc(Cl)cc1)c1ccccc1. The van der Waals surface area contributed by atoms with Crippen LogP contribution in [0.4, 0.5) is 0 Å². The molecule has 0 unspecified atom stereocenters. The zero-order valence-corrected chi connectivity index (χ0v) is 11.8.